The maximum absolute atomic E-state index is 12.3. The predicted octanol–water partition coefficient (Wildman–Crippen LogP) is 24.1. The average Bonchev–Trinajstić information content (AvgIpc) is 3.39. The highest BCUT2D eigenvalue weighted by atomic mass is 16.4. The van der Waals surface area contributed by atoms with Crippen molar-refractivity contribution in [2.45, 2.75) is 436 Å². The summed E-state index contributed by atoms with van der Waals surface area (Å²) >= 11 is 0. The SMILES string of the molecule is CCCCCCCCCCCCCCCCCCCCCCC(O)(CO)C(O)(CCCCCCCCCCCCCCCCCCCCCC)CCCCCCCCCCCCCCCCCCCCCC. The van der Waals surface area contributed by atoms with Crippen LogP contribution in [0.25, 0.3) is 0 Å². The highest BCUT2D eigenvalue weighted by molar-refractivity contribution is 4.99. The first kappa shape index (κ1) is 71.9. The molecule has 0 aromatic carbocycles. The van der Waals surface area contributed by atoms with Gasteiger partial charge >= 0.3 is 0 Å². The minimum Gasteiger partial charge on any atom is -0.393 e. The zero-order valence-electron chi connectivity index (χ0n) is 50.6. The Labute approximate surface area is 456 Å². The molecule has 3 N–H and O–H groups in total. The van der Waals surface area contributed by atoms with Crippen LogP contribution in [0, 0.1) is 0 Å². The van der Waals surface area contributed by atoms with Crippen LogP contribution in [0.3, 0.4) is 0 Å². The molecule has 0 aromatic rings. The van der Waals surface area contributed by atoms with E-state index in [0.29, 0.717) is 19.3 Å². The minimum absolute atomic E-state index is 0.318. The van der Waals surface area contributed by atoms with Gasteiger partial charge in [0.15, 0.2) is 0 Å². The zero-order chi connectivity index (χ0) is 52.3. The van der Waals surface area contributed by atoms with Crippen LogP contribution in [0.1, 0.15) is 425 Å². The second kappa shape index (κ2) is 60.1. The highest BCUT2D eigenvalue weighted by Gasteiger charge is 2.47. The normalized spacial score (nSPS) is 12.9. The first-order valence-corrected chi connectivity index (χ1v) is 34.5. The van der Waals surface area contributed by atoms with Gasteiger partial charge in [0.2, 0.25) is 0 Å². The largest absolute Gasteiger partial charge is 0.393 e. The molecular weight excluding hydrogens is 877 g/mol. The molecule has 0 saturated heterocycles. The molecule has 3 heteroatoms. The van der Waals surface area contributed by atoms with Gasteiger partial charge in [-0.25, -0.2) is 0 Å². The molecule has 0 heterocycles. The molecule has 3 nitrogen and oxygen atoms in total. The van der Waals surface area contributed by atoms with Crippen molar-refractivity contribution < 1.29 is 15.3 Å². The van der Waals surface area contributed by atoms with Crippen LogP contribution in [0.5, 0.6) is 0 Å². The van der Waals surface area contributed by atoms with E-state index in [9.17, 15) is 15.3 Å². The Balaban J connectivity index is 4.40. The molecule has 0 saturated carbocycles. The lowest BCUT2D eigenvalue weighted by Crippen LogP contribution is -2.56. The number of rotatable bonds is 65. The van der Waals surface area contributed by atoms with Crippen molar-refractivity contribution in [3.8, 4) is 0 Å². The molecule has 0 bridgehead atoms. The van der Waals surface area contributed by atoms with E-state index >= 15 is 0 Å². The number of hydrogen-bond acceptors (Lipinski definition) is 3. The molecule has 0 aromatic heterocycles. The summed E-state index contributed by atoms with van der Waals surface area (Å²) in [7, 11) is 0. The van der Waals surface area contributed by atoms with Gasteiger partial charge < -0.3 is 15.3 Å². The third-order valence-corrected chi connectivity index (χ3v) is 17.5. The van der Waals surface area contributed by atoms with Gasteiger partial charge in [-0.1, -0.05) is 406 Å². The van der Waals surface area contributed by atoms with E-state index in [4.69, 9.17) is 0 Å². The van der Waals surface area contributed by atoms with Crippen LogP contribution in [0.2, 0.25) is 0 Å². The first-order chi connectivity index (χ1) is 35.5. The molecular formula is C69H140O3. The van der Waals surface area contributed by atoms with E-state index in [1.54, 1.807) is 0 Å². The van der Waals surface area contributed by atoms with Gasteiger partial charge in [-0.15, -0.1) is 0 Å². The maximum atomic E-state index is 12.3. The summed E-state index contributed by atoms with van der Waals surface area (Å²) in [5, 5.41) is 35.0. The first-order valence-electron chi connectivity index (χ1n) is 34.5. The van der Waals surface area contributed by atoms with Crippen molar-refractivity contribution >= 4 is 0 Å². The zero-order valence-corrected chi connectivity index (χ0v) is 50.6. The standard InChI is InChI=1S/C69H140O3/c1-4-7-10-13-16-19-22-25-28-31-34-37-40-43-46-49-52-55-58-61-64-68(71,65-62-59-56-53-50-47-44-41-38-35-32-29-26-23-20-17-14-11-8-5-2)69(72,67-70)66-63-60-57-54-51-48-45-42-39-36-33-30-27-24-21-18-15-12-9-6-3/h70-72H,4-67H2,1-3H3. The summed E-state index contributed by atoms with van der Waals surface area (Å²) in [4.78, 5) is 0. The molecule has 0 spiro atoms. The van der Waals surface area contributed by atoms with Gasteiger partial charge in [0.05, 0.1) is 12.2 Å². The van der Waals surface area contributed by atoms with Gasteiger partial charge in [-0.3, -0.25) is 0 Å². The van der Waals surface area contributed by atoms with E-state index in [1.165, 1.54) is 347 Å². The van der Waals surface area contributed by atoms with Crippen LogP contribution in [0.15, 0.2) is 0 Å². The smallest absolute Gasteiger partial charge is 0.116 e. The molecule has 0 amide bonds. The van der Waals surface area contributed by atoms with Gasteiger partial charge in [0.1, 0.15) is 5.60 Å². The van der Waals surface area contributed by atoms with Crippen LogP contribution in [-0.2, 0) is 0 Å². The molecule has 434 valence electrons. The van der Waals surface area contributed by atoms with E-state index in [0.717, 1.165) is 38.5 Å². The fourth-order valence-electron chi connectivity index (χ4n) is 12.1. The van der Waals surface area contributed by atoms with E-state index in [2.05, 4.69) is 20.8 Å². The van der Waals surface area contributed by atoms with E-state index in [1.807, 2.05) is 0 Å². The van der Waals surface area contributed by atoms with Crippen molar-refractivity contribution in [2.24, 2.45) is 0 Å². The van der Waals surface area contributed by atoms with Crippen LogP contribution in [-0.4, -0.2) is 33.1 Å². The van der Waals surface area contributed by atoms with Crippen LogP contribution < -0.4 is 0 Å². The maximum Gasteiger partial charge on any atom is 0.116 e. The lowest BCUT2D eigenvalue weighted by molar-refractivity contribution is -0.185. The molecule has 1 atom stereocenters. The second-order valence-corrected chi connectivity index (χ2v) is 24.6. The van der Waals surface area contributed by atoms with Crippen molar-refractivity contribution in [2.75, 3.05) is 6.61 Å². The summed E-state index contributed by atoms with van der Waals surface area (Å²) < 4.78 is 0. The Hall–Kier alpha value is -0.120. The van der Waals surface area contributed by atoms with Gasteiger partial charge in [-0.05, 0) is 19.3 Å². The van der Waals surface area contributed by atoms with Gasteiger partial charge in [-0.2, -0.15) is 0 Å². The average molecular weight is 1020 g/mol. The second-order valence-electron chi connectivity index (χ2n) is 24.6. The molecule has 0 rings (SSSR count). The number of aliphatic hydroxyl groups excluding tert-OH is 1. The fourth-order valence-corrected chi connectivity index (χ4v) is 12.1. The molecule has 0 aliphatic carbocycles. The molecule has 0 radical (unpaired) electrons. The van der Waals surface area contributed by atoms with Crippen molar-refractivity contribution in [1.29, 1.82) is 0 Å². The third kappa shape index (κ3) is 50.7. The number of hydrogen-bond donors (Lipinski definition) is 3. The molecule has 0 aliphatic rings. The van der Waals surface area contributed by atoms with Gasteiger partial charge in [0, 0.05) is 0 Å². The van der Waals surface area contributed by atoms with Crippen LogP contribution in [0.4, 0.5) is 0 Å². The summed E-state index contributed by atoms with van der Waals surface area (Å²) in [6.45, 7) is 6.59. The summed E-state index contributed by atoms with van der Waals surface area (Å²) in [6, 6.07) is 0. The fraction of sp³-hybridized carbons (Fsp3) is 1.00. The lowest BCUT2D eigenvalue weighted by Gasteiger charge is -2.43. The van der Waals surface area contributed by atoms with Crippen molar-refractivity contribution in [1.82, 2.24) is 0 Å². The van der Waals surface area contributed by atoms with E-state index in [-0.39, 0.29) is 6.61 Å². The van der Waals surface area contributed by atoms with Crippen molar-refractivity contribution in [3.63, 3.8) is 0 Å². The molecule has 1 unspecified atom stereocenters. The highest BCUT2D eigenvalue weighted by Crippen LogP contribution is 2.37. The number of aliphatic hydroxyl groups is 3. The topological polar surface area (TPSA) is 60.7 Å². The summed E-state index contributed by atoms with van der Waals surface area (Å²) in [6.07, 6.45) is 83.5. The van der Waals surface area contributed by atoms with E-state index < -0.39 is 11.2 Å². The lowest BCUT2D eigenvalue weighted by atomic mass is 9.73. The Morgan fingerprint density at radius 3 is 0.403 bits per heavy atom. The Bertz CT molecular complexity index is 922. The van der Waals surface area contributed by atoms with Crippen LogP contribution >= 0.6 is 0 Å². The monoisotopic (exact) mass is 1020 g/mol. The quantitative estimate of drug-likeness (QED) is 0.0532. The summed E-state index contributed by atoms with van der Waals surface area (Å²) in [5.41, 5.74) is -2.57. The number of unbranched alkanes of at least 4 members (excludes halogenated alkanes) is 57. The van der Waals surface area contributed by atoms with Gasteiger partial charge in [0.25, 0.3) is 0 Å². The molecule has 0 aliphatic heterocycles. The molecule has 0 fully saturated rings. The minimum atomic E-state index is -1.39. The summed E-state index contributed by atoms with van der Waals surface area (Å²) in [5.74, 6) is 0. The third-order valence-electron chi connectivity index (χ3n) is 17.5. The Kier molecular flexibility index (Phi) is 60.0. The van der Waals surface area contributed by atoms with Crippen molar-refractivity contribution in [3.05, 3.63) is 0 Å². The predicted molar refractivity (Wildman–Crippen MR) is 325 cm³/mol. The Morgan fingerprint density at radius 1 is 0.167 bits per heavy atom. The molecule has 72 heavy (non-hydrogen) atoms. The Morgan fingerprint density at radius 2 is 0.278 bits per heavy atom.